The van der Waals surface area contributed by atoms with Gasteiger partial charge in [-0.2, -0.15) is 0 Å². The number of amides is 2. The summed E-state index contributed by atoms with van der Waals surface area (Å²) in [6.07, 6.45) is 11.2. The number of hydrogen-bond donors (Lipinski definition) is 0. The molecule has 5 aliphatic rings. The summed E-state index contributed by atoms with van der Waals surface area (Å²) >= 11 is 0. The molecule has 1 aromatic heterocycles. The van der Waals surface area contributed by atoms with Crippen molar-refractivity contribution in [1.29, 1.82) is 0 Å². The van der Waals surface area contributed by atoms with Crippen molar-refractivity contribution in [2.24, 2.45) is 23.2 Å². The molecule has 5 fully saturated rings. The van der Waals surface area contributed by atoms with E-state index < -0.39 is 0 Å². The molecular weight excluding hydrogens is 340 g/mol. The van der Waals surface area contributed by atoms with Crippen LogP contribution in [0, 0.1) is 23.2 Å². The van der Waals surface area contributed by atoms with Crippen LogP contribution in [0.25, 0.3) is 0 Å². The summed E-state index contributed by atoms with van der Waals surface area (Å²) in [5, 5.41) is 0. The maximum absolute atomic E-state index is 13.1. The Bertz CT molecular complexity index is 676. The number of furan rings is 1. The van der Waals surface area contributed by atoms with Gasteiger partial charge in [0.15, 0.2) is 5.76 Å². The molecule has 0 unspecified atom stereocenters. The van der Waals surface area contributed by atoms with Gasteiger partial charge in [0.05, 0.1) is 6.26 Å². The molecule has 0 aromatic carbocycles. The van der Waals surface area contributed by atoms with Crippen molar-refractivity contribution >= 4 is 11.8 Å². The Labute approximate surface area is 161 Å². The van der Waals surface area contributed by atoms with Crippen LogP contribution < -0.4 is 0 Å². The monoisotopic (exact) mass is 370 g/mol. The zero-order chi connectivity index (χ0) is 18.4. The van der Waals surface area contributed by atoms with Crippen LogP contribution in [0.4, 0.5) is 0 Å². The summed E-state index contributed by atoms with van der Waals surface area (Å²) in [7, 11) is 0. The van der Waals surface area contributed by atoms with E-state index in [0.29, 0.717) is 36.7 Å². The van der Waals surface area contributed by atoms with E-state index in [1.54, 1.807) is 12.1 Å². The van der Waals surface area contributed by atoms with Crippen LogP contribution in [0.1, 0.15) is 61.9 Å². The smallest absolute Gasteiger partial charge is 0.289 e. The normalized spacial score (nSPS) is 35.3. The van der Waals surface area contributed by atoms with E-state index >= 15 is 0 Å². The van der Waals surface area contributed by atoms with E-state index in [0.717, 1.165) is 37.1 Å². The first-order valence-corrected chi connectivity index (χ1v) is 10.7. The zero-order valence-corrected chi connectivity index (χ0v) is 16.1. The van der Waals surface area contributed by atoms with E-state index in [2.05, 4.69) is 0 Å². The fraction of sp³-hybridized carbons (Fsp3) is 0.727. The molecule has 5 nitrogen and oxygen atoms in total. The van der Waals surface area contributed by atoms with Gasteiger partial charge in [0.2, 0.25) is 5.91 Å². The number of carbonyl (C=O) groups is 2. The van der Waals surface area contributed by atoms with Crippen molar-refractivity contribution in [2.75, 3.05) is 26.2 Å². The van der Waals surface area contributed by atoms with Crippen LogP contribution in [0.3, 0.4) is 0 Å². The summed E-state index contributed by atoms with van der Waals surface area (Å²) < 4.78 is 5.25. The molecule has 4 bridgehead atoms. The molecule has 0 radical (unpaired) electrons. The summed E-state index contributed by atoms with van der Waals surface area (Å²) in [6, 6.07) is 3.45. The van der Waals surface area contributed by atoms with E-state index in [-0.39, 0.29) is 5.91 Å². The molecule has 1 aliphatic heterocycles. The van der Waals surface area contributed by atoms with Crippen LogP contribution in [0.5, 0.6) is 0 Å². The lowest BCUT2D eigenvalue weighted by Gasteiger charge is -2.57. The Morgan fingerprint density at radius 2 is 1.59 bits per heavy atom. The third kappa shape index (κ3) is 3.30. The Kier molecular flexibility index (Phi) is 4.29. The fourth-order valence-corrected chi connectivity index (χ4v) is 6.87. The number of rotatable bonds is 3. The molecule has 6 rings (SSSR count). The van der Waals surface area contributed by atoms with E-state index in [1.807, 2.05) is 9.80 Å². The standard InChI is InChI=1S/C22H30N2O3/c25-20(15-22-12-16-9-17(13-22)11-18(10-16)14-22)23-4-2-5-24(7-6-23)21(26)19-3-1-8-27-19/h1,3,8,16-18H,2,4-7,9-15H2. The lowest BCUT2D eigenvalue weighted by molar-refractivity contribution is -0.139. The number of carbonyl (C=O) groups excluding carboxylic acids is 2. The van der Waals surface area contributed by atoms with Crippen LogP contribution >= 0.6 is 0 Å². The molecule has 4 saturated carbocycles. The van der Waals surface area contributed by atoms with Gasteiger partial charge >= 0.3 is 0 Å². The quantitative estimate of drug-likeness (QED) is 0.817. The van der Waals surface area contributed by atoms with Crippen LogP contribution in [-0.2, 0) is 4.79 Å². The molecule has 2 heterocycles. The molecule has 0 N–H and O–H groups in total. The van der Waals surface area contributed by atoms with E-state index in [1.165, 1.54) is 44.8 Å². The first kappa shape index (κ1) is 17.3. The average molecular weight is 370 g/mol. The third-order valence-corrected chi connectivity index (χ3v) is 7.56. The van der Waals surface area contributed by atoms with Crippen molar-refractivity contribution in [2.45, 2.75) is 51.4 Å². The van der Waals surface area contributed by atoms with Crippen molar-refractivity contribution in [1.82, 2.24) is 9.80 Å². The second-order valence-electron chi connectivity index (χ2n) is 9.60. The SMILES string of the molecule is O=C(CC12CC3CC(CC(C3)C1)C2)N1CCCN(C(=O)c2ccco2)CC1. The highest BCUT2D eigenvalue weighted by Gasteiger charge is 2.51. The molecule has 4 aliphatic carbocycles. The fourth-order valence-electron chi connectivity index (χ4n) is 6.87. The van der Waals surface area contributed by atoms with Gasteiger partial charge in [0.25, 0.3) is 5.91 Å². The minimum atomic E-state index is -0.0598. The van der Waals surface area contributed by atoms with Gasteiger partial charge in [-0.15, -0.1) is 0 Å². The van der Waals surface area contributed by atoms with Crippen molar-refractivity contribution < 1.29 is 14.0 Å². The van der Waals surface area contributed by atoms with Gasteiger partial charge in [-0.3, -0.25) is 9.59 Å². The first-order valence-electron chi connectivity index (χ1n) is 10.7. The average Bonchev–Trinajstić information content (AvgIpc) is 3.04. The maximum Gasteiger partial charge on any atom is 0.289 e. The Morgan fingerprint density at radius 1 is 0.963 bits per heavy atom. The minimum Gasteiger partial charge on any atom is -0.459 e. The third-order valence-electron chi connectivity index (χ3n) is 7.56. The lowest BCUT2D eigenvalue weighted by Crippen LogP contribution is -2.48. The Hall–Kier alpha value is -1.78. The Balaban J connectivity index is 1.21. The largest absolute Gasteiger partial charge is 0.459 e. The summed E-state index contributed by atoms with van der Waals surface area (Å²) in [5.74, 6) is 3.31. The van der Waals surface area contributed by atoms with Gasteiger partial charge in [-0.1, -0.05) is 0 Å². The molecule has 5 heteroatoms. The van der Waals surface area contributed by atoms with Crippen molar-refractivity contribution in [3.05, 3.63) is 24.2 Å². The highest BCUT2D eigenvalue weighted by Crippen LogP contribution is 2.61. The maximum atomic E-state index is 13.1. The van der Waals surface area contributed by atoms with Crippen LogP contribution in [-0.4, -0.2) is 47.8 Å². The van der Waals surface area contributed by atoms with Crippen LogP contribution in [0.15, 0.2) is 22.8 Å². The van der Waals surface area contributed by atoms with E-state index in [4.69, 9.17) is 4.42 Å². The van der Waals surface area contributed by atoms with Crippen LogP contribution in [0.2, 0.25) is 0 Å². The molecule has 0 spiro atoms. The van der Waals surface area contributed by atoms with Gasteiger partial charge < -0.3 is 14.2 Å². The predicted octanol–water partition coefficient (Wildman–Crippen LogP) is 3.56. The molecule has 2 amide bonds. The number of nitrogens with zero attached hydrogens (tertiary/aromatic N) is 2. The van der Waals surface area contributed by atoms with Crippen molar-refractivity contribution in [3.8, 4) is 0 Å². The summed E-state index contributed by atoms with van der Waals surface area (Å²) in [5.41, 5.74) is 0.293. The summed E-state index contributed by atoms with van der Waals surface area (Å²) in [4.78, 5) is 29.5. The Morgan fingerprint density at radius 3 is 2.22 bits per heavy atom. The molecule has 27 heavy (non-hydrogen) atoms. The van der Waals surface area contributed by atoms with Gasteiger partial charge in [0.1, 0.15) is 0 Å². The number of hydrogen-bond acceptors (Lipinski definition) is 3. The topological polar surface area (TPSA) is 53.8 Å². The lowest BCUT2D eigenvalue weighted by atomic mass is 9.49. The molecule has 1 aromatic rings. The molecule has 1 saturated heterocycles. The molecule has 146 valence electrons. The molecule has 0 atom stereocenters. The minimum absolute atomic E-state index is 0.0598. The van der Waals surface area contributed by atoms with Gasteiger partial charge in [-0.25, -0.2) is 0 Å². The zero-order valence-electron chi connectivity index (χ0n) is 16.1. The summed E-state index contributed by atoms with van der Waals surface area (Å²) in [6.45, 7) is 2.72. The highest BCUT2D eigenvalue weighted by atomic mass is 16.3. The van der Waals surface area contributed by atoms with Gasteiger partial charge in [0, 0.05) is 32.6 Å². The predicted molar refractivity (Wildman–Crippen MR) is 101 cm³/mol. The molecular formula is C22H30N2O3. The second kappa shape index (κ2) is 6.68. The van der Waals surface area contributed by atoms with Gasteiger partial charge in [-0.05, 0) is 80.2 Å². The first-order chi connectivity index (χ1) is 13.1. The van der Waals surface area contributed by atoms with Crippen molar-refractivity contribution in [3.63, 3.8) is 0 Å². The second-order valence-corrected chi connectivity index (χ2v) is 9.60. The highest BCUT2D eigenvalue weighted by molar-refractivity contribution is 5.91. The van der Waals surface area contributed by atoms with E-state index in [9.17, 15) is 9.59 Å².